The highest BCUT2D eigenvalue weighted by Gasteiger charge is 2.20. The van der Waals surface area contributed by atoms with Crippen LogP contribution in [-0.2, 0) is 6.42 Å². The Kier molecular flexibility index (Phi) is 3.04. The molecule has 0 atom stereocenters. The van der Waals surface area contributed by atoms with Crippen LogP contribution in [0.5, 0.6) is 0 Å². The molecule has 0 aliphatic rings. The molecule has 3 nitrogen and oxygen atoms in total. The fraction of sp³-hybridized carbons (Fsp3) is 0.417. The van der Waals surface area contributed by atoms with Gasteiger partial charge in [0.2, 0.25) is 0 Å². The first-order valence-electron chi connectivity index (χ1n) is 5.35. The highest BCUT2D eigenvalue weighted by molar-refractivity contribution is 9.10. The van der Waals surface area contributed by atoms with Gasteiger partial charge >= 0.3 is 0 Å². The van der Waals surface area contributed by atoms with Crippen molar-refractivity contribution in [2.24, 2.45) is 11.1 Å². The zero-order valence-electron chi connectivity index (χ0n) is 9.57. The quantitative estimate of drug-likeness (QED) is 0.940. The summed E-state index contributed by atoms with van der Waals surface area (Å²) in [7, 11) is 0. The van der Waals surface area contributed by atoms with Crippen LogP contribution < -0.4 is 5.73 Å². The van der Waals surface area contributed by atoms with Crippen LogP contribution in [0, 0.1) is 5.41 Å². The van der Waals surface area contributed by atoms with Gasteiger partial charge in [-0.25, -0.2) is 4.98 Å². The van der Waals surface area contributed by atoms with Gasteiger partial charge in [-0.15, -0.1) is 0 Å². The molecular weight excluding hydrogens is 266 g/mol. The van der Waals surface area contributed by atoms with Gasteiger partial charge in [-0.3, -0.25) is 0 Å². The van der Waals surface area contributed by atoms with E-state index in [-0.39, 0.29) is 5.41 Å². The Bertz CT molecular complexity index is 502. The van der Waals surface area contributed by atoms with Gasteiger partial charge in [0.15, 0.2) is 0 Å². The fourth-order valence-electron chi connectivity index (χ4n) is 1.69. The minimum atomic E-state index is 0.0799. The number of nitrogens with zero attached hydrogens (tertiary/aromatic N) is 2. The van der Waals surface area contributed by atoms with Crippen LogP contribution in [0.4, 0.5) is 0 Å². The first kappa shape index (κ1) is 11.6. The van der Waals surface area contributed by atoms with E-state index in [0.29, 0.717) is 6.54 Å². The molecule has 2 N–H and O–H groups in total. The van der Waals surface area contributed by atoms with Crippen LogP contribution in [0.3, 0.4) is 0 Å². The van der Waals surface area contributed by atoms with Gasteiger partial charge < -0.3 is 10.1 Å². The van der Waals surface area contributed by atoms with Crippen molar-refractivity contribution in [1.29, 1.82) is 0 Å². The number of rotatable bonds is 3. The lowest BCUT2D eigenvalue weighted by atomic mass is 9.89. The van der Waals surface area contributed by atoms with Crippen molar-refractivity contribution in [3.63, 3.8) is 0 Å². The van der Waals surface area contributed by atoms with Gasteiger partial charge in [0, 0.05) is 12.6 Å². The summed E-state index contributed by atoms with van der Waals surface area (Å²) in [6.07, 6.45) is 2.91. The van der Waals surface area contributed by atoms with E-state index in [0.717, 1.165) is 22.4 Å². The Hall–Kier alpha value is -0.870. The minimum absolute atomic E-state index is 0.0799. The molecule has 2 rings (SSSR count). The van der Waals surface area contributed by atoms with Crippen molar-refractivity contribution < 1.29 is 0 Å². The maximum absolute atomic E-state index is 5.76. The van der Waals surface area contributed by atoms with Gasteiger partial charge in [-0.1, -0.05) is 19.9 Å². The molecular formula is C12H16BrN3. The molecule has 0 saturated heterocycles. The average Bonchev–Trinajstić information content (AvgIpc) is 2.56. The van der Waals surface area contributed by atoms with Gasteiger partial charge in [-0.2, -0.15) is 0 Å². The second-order valence-electron chi connectivity index (χ2n) is 4.82. The third-order valence-electron chi connectivity index (χ3n) is 2.77. The molecule has 0 aliphatic heterocycles. The van der Waals surface area contributed by atoms with Crippen molar-refractivity contribution in [2.45, 2.75) is 20.3 Å². The zero-order chi connectivity index (χ0) is 11.8. The number of fused-ring (bicyclic) bond motifs is 1. The molecule has 16 heavy (non-hydrogen) atoms. The first-order valence-corrected chi connectivity index (χ1v) is 6.14. The molecule has 0 radical (unpaired) electrons. The molecule has 0 aliphatic carbocycles. The third kappa shape index (κ3) is 2.13. The molecule has 2 aromatic heterocycles. The van der Waals surface area contributed by atoms with Gasteiger partial charge in [0.25, 0.3) is 0 Å². The lowest BCUT2D eigenvalue weighted by Gasteiger charge is -2.21. The van der Waals surface area contributed by atoms with Crippen LogP contribution >= 0.6 is 15.9 Å². The smallest absolute Gasteiger partial charge is 0.132 e. The Morgan fingerprint density at radius 3 is 2.88 bits per heavy atom. The lowest BCUT2D eigenvalue weighted by Crippen LogP contribution is -2.26. The van der Waals surface area contributed by atoms with Gasteiger partial charge in [0.1, 0.15) is 10.4 Å². The second-order valence-corrected chi connectivity index (χ2v) is 5.57. The number of hydrogen-bond acceptors (Lipinski definition) is 2. The molecule has 2 heterocycles. The predicted molar refractivity (Wildman–Crippen MR) is 69.4 cm³/mol. The summed E-state index contributed by atoms with van der Waals surface area (Å²) in [5.74, 6) is 1.05. The number of aromatic nitrogens is 2. The number of halogens is 1. The van der Waals surface area contributed by atoms with E-state index in [1.807, 2.05) is 18.3 Å². The van der Waals surface area contributed by atoms with Crippen LogP contribution in [0.2, 0.25) is 0 Å². The van der Waals surface area contributed by atoms with E-state index in [4.69, 9.17) is 5.73 Å². The van der Waals surface area contributed by atoms with E-state index >= 15 is 0 Å². The lowest BCUT2D eigenvalue weighted by molar-refractivity contribution is 0.367. The molecule has 86 valence electrons. The molecule has 0 aromatic carbocycles. The largest absolute Gasteiger partial charge is 0.330 e. The molecule has 4 heteroatoms. The Labute approximate surface area is 104 Å². The average molecular weight is 282 g/mol. The summed E-state index contributed by atoms with van der Waals surface area (Å²) in [5, 5.41) is 0. The van der Waals surface area contributed by atoms with E-state index in [1.165, 1.54) is 0 Å². The van der Waals surface area contributed by atoms with Crippen molar-refractivity contribution in [3.05, 3.63) is 34.8 Å². The molecule has 0 fully saturated rings. The van der Waals surface area contributed by atoms with E-state index in [1.54, 1.807) is 0 Å². The number of hydrogen-bond donors (Lipinski definition) is 1. The Morgan fingerprint density at radius 2 is 2.19 bits per heavy atom. The summed E-state index contributed by atoms with van der Waals surface area (Å²) < 4.78 is 3.01. The highest BCUT2D eigenvalue weighted by atomic mass is 79.9. The topological polar surface area (TPSA) is 43.3 Å². The highest BCUT2D eigenvalue weighted by Crippen LogP contribution is 2.24. The summed E-state index contributed by atoms with van der Waals surface area (Å²) in [6.45, 7) is 4.97. The summed E-state index contributed by atoms with van der Waals surface area (Å²) in [5.41, 5.74) is 6.94. The molecule has 0 spiro atoms. The number of imidazole rings is 1. The first-order chi connectivity index (χ1) is 7.53. The maximum Gasteiger partial charge on any atom is 0.132 e. The van der Waals surface area contributed by atoms with E-state index < -0.39 is 0 Å². The van der Waals surface area contributed by atoms with Crippen molar-refractivity contribution in [3.8, 4) is 0 Å². The monoisotopic (exact) mass is 281 g/mol. The fourth-order valence-corrected chi connectivity index (χ4v) is 2.21. The Morgan fingerprint density at radius 1 is 1.44 bits per heavy atom. The van der Waals surface area contributed by atoms with Crippen LogP contribution in [0.25, 0.3) is 5.52 Å². The SMILES string of the molecule is CC(C)(CN)Cc1nc(Br)c2ccccn12. The summed E-state index contributed by atoms with van der Waals surface area (Å²) in [6, 6.07) is 6.08. The molecule has 0 amide bonds. The van der Waals surface area contributed by atoms with Crippen molar-refractivity contribution in [1.82, 2.24) is 9.38 Å². The van der Waals surface area contributed by atoms with Gasteiger partial charge in [0.05, 0.1) is 5.52 Å². The van der Waals surface area contributed by atoms with Crippen molar-refractivity contribution >= 4 is 21.4 Å². The van der Waals surface area contributed by atoms with Crippen molar-refractivity contribution in [2.75, 3.05) is 6.54 Å². The maximum atomic E-state index is 5.76. The molecule has 0 unspecified atom stereocenters. The van der Waals surface area contributed by atoms with Crippen LogP contribution in [-0.4, -0.2) is 15.9 Å². The Balaban J connectivity index is 2.46. The molecule has 0 saturated carbocycles. The zero-order valence-corrected chi connectivity index (χ0v) is 11.2. The van der Waals surface area contributed by atoms with Crippen LogP contribution in [0.1, 0.15) is 19.7 Å². The predicted octanol–water partition coefficient (Wildman–Crippen LogP) is 2.62. The summed E-state index contributed by atoms with van der Waals surface area (Å²) in [4.78, 5) is 4.55. The minimum Gasteiger partial charge on any atom is -0.330 e. The second kappa shape index (κ2) is 4.18. The van der Waals surface area contributed by atoms with E-state index in [2.05, 4.69) is 45.2 Å². The van der Waals surface area contributed by atoms with Crippen LogP contribution in [0.15, 0.2) is 29.0 Å². The molecule has 0 bridgehead atoms. The molecule has 2 aromatic rings. The normalized spacial score (nSPS) is 12.2. The standard InChI is InChI=1S/C12H16BrN3/c1-12(2,8-14)7-10-15-11(13)9-5-3-4-6-16(9)10/h3-6H,7-8,14H2,1-2H3. The van der Waals surface area contributed by atoms with E-state index in [9.17, 15) is 0 Å². The third-order valence-corrected chi connectivity index (χ3v) is 3.35. The van der Waals surface area contributed by atoms with Gasteiger partial charge in [-0.05, 0) is 40.0 Å². The number of pyridine rings is 1. The summed E-state index contributed by atoms with van der Waals surface area (Å²) >= 11 is 3.48. The number of nitrogens with two attached hydrogens (primary N) is 1.